The molecule has 1 aromatic rings. The minimum Gasteiger partial charge on any atom is -0.480 e. The maximum Gasteiger partial charge on any atom is 0.317 e. The van der Waals surface area contributed by atoms with Gasteiger partial charge in [0.2, 0.25) is 0 Å². The van der Waals surface area contributed by atoms with Crippen molar-refractivity contribution in [1.29, 1.82) is 0 Å². The largest absolute Gasteiger partial charge is 0.480 e. The van der Waals surface area contributed by atoms with Crippen LogP contribution in [0.25, 0.3) is 0 Å². The van der Waals surface area contributed by atoms with Gasteiger partial charge in [-0.25, -0.2) is 0 Å². The lowest BCUT2D eigenvalue weighted by molar-refractivity contribution is -0.135. The van der Waals surface area contributed by atoms with Gasteiger partial charge in [0.15, 0.2) is 0 Å². The Kier molecular flexibility index (Phi) is 4.97. The average molecular weight is 186 g/mol. The van der Waals surface area contributed by atoms with Gasteiger partial charge in [0.25, 0.3) is 5.56 Å². The summed E-state index contributed by atoms with van der Waals surface area (Å²) in [5.41, 5.74) is 4.16. The standard InChI is InChI=1S/C5H5NO2.C2H5NO2/c7-5-3-1-2-4-6(5)8;3-1-2(4)5/h1-4,8H;1,3H2,(H,4,5). The maximum absolute atomic E-state index is 10.3. The predicted octanol–water partition coefficient (Wildman–Crippen LogP) is -0.885. The molecule has 0 radical (unpaired) electrons. The molecule has 0 amide bonds. The van der Waals surface area contributed by atoms with E-state index >= 15 is 0 Å². The molecule has 0 atom stereocenters. The predicted molar refractivity (Wildman–Crippen MR) is 44.6 cm³/mol. The molecule has 0 saturated heterocycles. The summed E-state index contributed by atoms with van der Waals surface area (Å²) in [5, 5.41) is 16.1. The summed E-state index contributed by atoms with van der Waals surface area (Å²) in [7, 11) is 0. The Hall–Kier alpha value is -1.82. The Morgan fingerprint density at radius 2 is 2.08 bits per heavy atom. The summed E-state index contributed by atoms with van der Waals surface area (Å²) in [6.07, 6.45) is 1.28. The molecule has 0 fully saturated rings. The smallest absolute Gasteiger partial charge is 0.317 e. The van der Waals surface area contributed by atoms with Crippen LogP contribution in [0.4, 0.5) is 0 Å². The van der Waals surface area contributed by atoms with Gasteiger partial charge in [-0.2, -0.15) is 4.73 Å². The number of hydrogen-bond donors (Lipinski definition) is 3. The monoisotopic (exact) mass is 186 g/mol. The van der Waals surface area contributed by atoms with Gasteiger partial charge in [-0.1, -0.05) is 6.07 Å². The van der Waals surface area contributed by atoms with E-state index in [0.29, 0.717) is 4.73 Å². The molecule has 0 aliphatic rings. The fourth-order valence-corrected chi connectivity index (χ4v) is 0.419. The molecule has 0 aliphatic carbocycles. The fraction of sp³-hybridized carbons (Fsp3) is 0.143. The van der Waals surface area contributed by atoms with Crippen molar-refractivity contribution in [2.75, 3.05) is 6.54 Å². The third-order valence-electron chi connectivity index (χ3n) is 0.978. The molecule has 0 aliphatic heterocycles. The molecule has 0 aromatic carbocycles. The van der Waals surface area contributed by atoms with Gasteiger partial charge in [-0.05, 0) is 6.07 Å². The van der Waals surface area contributed by atoms with Crippen molar-refractivity contribution in [3.8, 4) is 0 Å². The molecule has 0 spiro atoms. The molecule has 6 heteroatoms. The van der Waals surface area contributed by atoms with E-state index in [1.165, 1.54) is 12.3 Å². The zero-order valence-electron chi connectivity index (χ0n) is 6.75. The highest BCUT2D eigenvalue weighted by atomic mass is 16.5. The van der Waals surface area contributed by atoms with E-state index in [4.69, 9.17) is 10.3 Å². The van der Waals surface area contributed by atoms with Crippen molar-refractivity contribution < 1.29 is 15.1 Å². The lowest BCUT2D eigenvalue weighted by Gasteiger charge is -1.88. The van der Waals surface area contributed by atoms with E-state index in [0.717, 1.165) is 0 Å². The second kappa shape index (κ2) is 5.78. The van der Waals surface area contributed by atoms with Gasteiger partial charge in [0.1, 0.15) is 0 Å². The van der Waals surface area contributed by atoms with Crippen LogP contribution >= 0.6 is 0 Å². The van der Waals surface area contributed by atoms with Gasteiger partial charge in [0, 0.05) is 12.3 Å². The van der Waals surface area contributed by atoms with Crippen molar-refractivity contribution in [3.05, 3.63) is 34.7 Å². The number of hydrogen-bond acceptors (Lipinski definition) is 4. The Balaban J connectivity index is 0.000000252. The lowest BCUT2D eigenvalue weighted by Crippen LogP contribution is -2.13. The van der Waals surface area contributed by atoms with E-state index in [1.807, 2.05) is 0 Å². The molecule has 1 heterocycles. The number of rotatable bonds is 1. The van der Waals surface area contributed by atoms with E-state index in [1.54, 1.807) is 12.1 Å². The summed E-state index contributed by atoms with van der Waals surface area (Å²) >= 11 is 0. The van der Waals surface area contributed by atoms with Crippen LogP contribution in [0.2, 0.25) is 0 Å². The Morgan fingerprint density at radius 1 is 1.54 bits per heavy atom. The quantitative estimate of drug-likeness (QED) is 0.493. The van der Waals surface area contributed by atoms with E-state index in [9.17, 15) is 9.59 Å². The first-order valence-corrected chi connectivity index (χ1v) is 3.36. The van der Waals surface area contributed by atoms with Crippen LogP contribution in [0.5, 0.6) is 0 Å². The summed E-state index contributed by atoms with van der Waals surface area (Å²) in [4.78, 5) is 19.6. The summed E-state index contributed by atoms with van der Waals surface area (Å²) in [5.74, 6) is -0.968. The summed E-state index contributed by atoms with van der Waals surface area (Å²) in [6.45, 7) is -0.278. The number of aromatic nitrogens is 1. The van der Waals surface area contributed by atoms with Crippen molar-refractivity contribution in [1.82, 2.24) is 4.73 Å². The van der Waals surface area contributed by atoms with Crippen LogP contribution in [0.15, 0.2) is 29.2 Å². The third kappa shape index (κ3) is 5.45. The van der Waals surface area contributed by atoms with E-state index in [2.05, 4.69) is 5.73 Å². The molecule has 0 unspecified atom stereocenters. The second-order valence-electron chi connectivity index (χ2n) is 1.98. The SMILES string of the molecule is NCC(=O)O.O=c1ccccn1O. The van der Waals surface area contributed by atoms with Crippen LogP contribution in [-0.4, -0.2) is 27.6 Å². The second-order valence-corrected chi connectivity index (χ2v) is 1.98. The van der Waals surface area contributed by atoms with Gasteiger partial charge < -0.3 is 16.0 Å². The van der Waals surface area contributed by atoms with Crippen LogP contribution in [0, 0.1) is 0 Å². The lowest BCUT2D eigenvalue weighted by atomic mass is 10.5. The highest BCUT2D eigenvalue weighted by Gasteiger charge is 1.82. The van der Waals surface area contributed by atoms with Crippen molar-refractivity contribution in [2.24, 2.45) is 5.73 Å². The van der Waals surface area contributed by atoms with Crippen molar-refractivity contribution in [3.63, 3.8) is 0 Å². The number of carbonyl (C=O) groups is 1. The fourth-order valence-electron chi connectivity index (χ4n) is 0.419. The maximum atomic E-state index is 10.3. The minimum absolute atomic E-state index is 0.278. The Morgan fingerprint density at radius 3 is 2.31 bits per heavy atom. The molecule has 1 rings (SSSR count). The van der Waals surface area contributed by atoms with E-state index < -0.39 is 11.5 Å². The first-order valence-electron chi connectivity index (χ1n) is 3.36. The first kappa shape index (κ1) is 11.2. The number of nitrogens with two attached hydrogens (primary N) is 1. The Labute approximate surface area is 73.8 Å². The molecule has 6 nitrogen and oxygen atoms in total. The zero-order valence-corrected chi connectivity index (χ0v) is 6.75. The zero-order chi connectivity index (χ0) is 10.3. The molecule has 72 valence electrons. The molecular formula is C7H10N2O4. The topological polar surface area (TPSA) is 106 Å². The average Bonchev–Trinajstić information content (AvgIpc) is 2.11. The number of nitrogens with zero attached hydrogens (tertiary/aromatic N) is 1. The number of carboxylic acid groups (broad SMARTS) is 1. The summed E-state index contributed by atoms with van der Waals surface area (Å²) in [6, 6.07) is 4.41. The molecule has 4 N–H and O–H groups in total. The molecule has 0 bridgehead atoms. The van der Waals surface area contributed by atoms with Gasteiger partial charge in [-0.3, -0.25) is 9.59 Å². The molecule has 13 heavy (non-hydrogen) atoms. The van der Waals surface area contributed by atoms with Gasteiger partial charge >= 0.3 is 5.97 Å². The minimum atomic E-state index is -0.968. The van der Waals surface area contributed by atoms with Gasteiger partial charge in [0.05, 0.1) is 6.54 Å². The van der Waals surface area contributed by atoms with Crippen LogP contribution < -0.4 is 11.3 Å². The highest BCUT2D eigenvalue weighted by molar-refractivity contribution is 5.68. The Bertz CT molecular complexity index is 320. The number of aliphatic carboxylic acids is 1. The third-order valence-corrected chi connectivity index (χ3v) is 0.978. The summed E-state index contributed by atoms with van der Waals surface area (Å²) < 4.78 is 0.528. The highest BCUT2D eigenvalue weighted by Crippen LogP contribution is 1.72. The number of pyridine rings is 1. The van der Waals surface area contributed by atoms with E-state index in [-0.39, 0.29) is 6.54 Å². The normalized spacial score (nSPS) is 8.38. The number of carboxylic acids is 1. The van der Waals surface area contributed by atoms with Crippen LogP contribution in [0.3, 0.4) is 0 Å². The van der Waals surface area contributed by atoms with Crippen LogP contribution in [0.1, 0.15) is 0 Å². The van der Waals surface area contributed by atoms with Gasteiger partial charge in [-0.15, -0.1) is 0 Å². The molecule has 0 saturated carbocycles. The molecular weight excluding hydrogens is 176 g/mol. The van der Waals surface area contributed by atoms with Crippen molar-refractivity contribution in [2.45, 2.75) is 0 Å². The first-order chi connectivity index (χ1) is 6.07. The van der Waals surface area contributed by atoms with Crippen molar-refractivity contribution >= 4 is 5.97 Å². The molecule has 1 aromatic heterocycles. The van der Waals surface area contributed by atoms with Crippen LogP contribution in [-0.2, 0) is 4.79 Å².